The second-order valence-electron chi connectivity index (χ2n) is 15.1. The van der Waals surface area contributed by atoms with Gasteiger partial charge in [0.25, 0.3) is 6.47 Å². The summed E-state index contributed by atoms with van der Waals surface area (Å²) < 4.78 is 43.5. The molecule has 2 aromatic carbocycles. The van der Waals surface area contributed by atoms with E-state index >= 15 is 0 Å². The smallest absolute Gasteiger partial charge is 0.299 e. The summed E-state index contributed by atoms with van der Waals surface area (Å²) in [5, 5.41) is 1.92. The number of rotatable bonds is 7. The van der Waals surface area contributed by atoms with Crippen molar-refractivity contribution < 1.29 is 32.6 Å². The molecule has 8 aliphatic rings. The molecule has 8 nitrogen and oxygen atoms in total. The summed E-state index contributed by atoms with van der Waals surface area (Å²) >= 11 is 2.72. The van der Waals surface area contributed by atoms with E-state index in [0.717, 1.165) is 25.6 Å². The number of carbonyl (C=O) groups excluding carboxylic acids is 2. The largest absolute Gasteiger partial charge is 0.494 e. The van der Waals surface area contributed by atoms with E-state index in [1.54, 1.807) is 18.2 Å². The average molecular weight is 774 g/mol. The van der Waals surface area contributed by atoms with Gasteiger partial charge in [0.1, 0.15) is 0 Å². The molecule has 4 bridgehead atoms. The fourth-order valence-corrected chi connectivity index (χ4v) is 11.5. The Kier molecular flexibility index (Phi) is 10.6. The van der Waals surface area contributed by atoms with Crippen molar-refractivity contribution in [2.75, 3.05) is 40.4 Å². The number of methoxy groups -OCH3 is 2. The first-order chi connectivity index (χ1) is 24.7. The van der Waals surface area contributed by atoms with Crippen LogP contribution < -0.4 is 19.9 Å². The van der Waals surface area contributed by atoms with Gasteiger partial charge in [-0.15, -0.1) is 23.7 Å². The Morgan fingerprint density at radius 1 is 0.808 bits per heavy atom. The number of nitrogens with zero attached hydrogens (tertiary/aromatic N) is 2. The van der Waals surface area contributed by atoms with Gasteiger partial charge < -0.3 is 19.9 Å². The molecular weight excluding hydrogens is 728 g/mol. The van der Waals surface area contributed by atoms with Gasteiger partial charge in [-0.25, -0.2) is 8.78 Å². The van der Waals surface area contributed by atoms with Crippen molar-refractivity contribution in [3.63, 3.8) is 0 Å². The van der Waals surface area contributed by atoms with Crippen molar-refractivity contribution in [3.8, 4) is 16.6 Å². The summed E-state index contributed by atoms with van der Waals surface area (Å²) in [6.45, 7) is 5.45. The lowest BCUT2D eigenvalue weighted by atomic mass is 9.70. The van der Waals surface area contributed by atoms with Crippen LogP contribution >= 0.6 is 35.1 Å². The number of piperidine rings is 6. The summed E-state index contributed by atoms with van der Waals surface area (Å²) in [5.41, 5.74) is 7.07. The molecular formula is C39H46ClF2N3O5S2. The van der Waals surface area contributed by atoms with Crippen molar-refractivity contribution in [1.29, 1.82) is 0 Å². The maximum absolute atomic E-state index is 13.9. The number of carbonyl (C=O) groups is 2. The fraction of sp³-hybridized carbons (Fsp3) is 0.538. The molecule has 0 amide bonds. The van der Waals surface area contributed by atoms with Crippen LogP contribution in [0.1, 0.15) is 67.5 Å². The molecule has 6 aliphatic heterocycles. The van der Waals surface area contributed by atoms with Gasteiger partial charge in [0, 0.05) is 51.1 Å². The molecule has 8 fully saturated rings. The molecule has 8 heterocycles. The van der Waals surface area contributed by atoms with Gasteiger partial charge in [0.05, 0.1) is 19.1 Å². The van der Waals surface area contributed by atoms with Gasteiger partial charge in [0.15, 0.2) is 34.0 Å². The van der Waals surface area contributed by atoms with E-state index in [2.05, 4.69) is 14.5 Å². The fourth-order valence-electron chi connectivity index (χ4n) is 9.64. The molecule has 6 saturated heterocycles. The molecule has 2 atom stereocenters. The summed E-state index contributed by atoms with van der Waals surface area (Å²) in [4.78, 5) is 29.2. The lowest BCUT2D eigenvalue weighted by Gasteiger charge is -2.52. The zero-order valence-corrected chi connectivity index (χ0v) is 32.0. The molecule has 280 valence electrons. The highest BCUT2D eigenvalue weighted by atomic mass is 35.5. The maximum Gasteiger partial charge on any atom is 0.299 e. The molecule has 2 saturated carbocycles. The van der Waals surface area contributed by atoms with Gasteiger partial charge in [-0.2, -0.15) is 0 Å². The second kappa shape index (κ2) is 14.8. The Morgan fingerprint density at radius 3 is 1.83 bits per heavy atom. The van der Waals surface area contributed by atoms with Crippen LogP contribution in [-0.2, 0) is 4.79 Å². The Bertz CT molecular complexity index is 1940. The van der Waals surface area contributed by atoms with Crippen LogP contribution in [0.15, 0.2) is 36.4 Å². The van der Waals surface area contributed by atoms with Crippen LogP contribution in [0.5, 0.6) is 16.6 Å². The zero-order chi connectivity index (χ0) is 35.5. The first-order valence-corrected chi connectivity index (χ1v) is 19.7. The average Bonchev–Trinajstić information content (AvgIpc) is 4.04. The minimum atomic E-state index is -0.430. The SMILES string of the molecule is COc1cc2sc(C(=O)C[C@@H]3C4CCN(CC4)C34CC4)cc2cc1F.COc1cc2sc(OC=O)cc2cc1F.Cl.N[C@@H]1C2CCN(CC2)C12CC2. The topological polar surface area (TPSA) is 94.3 Å². The van der Waals surface area contributed by atoms with Crippen LogP contribution in [0, 0.1) is 29.4 Å². The number of hydrogen-bond acceptors (Lipinski definition) is 10. The quantitative estimate of drug-likeness (QED) is 0.149. The molecule has 2 N–H and O–H groups in total. The number of thiophene rings is 2. The van der Waals surface area contributed by atoms with Gasteiger partial charge in [-0.05, 0) is 124 Å². The predicted octanol–water partition coefficient (Wildman–Crippen LogP) is 8.07. The number of ketones is 1. The number of Topliss-reactive ketones (excluding diaryl/α,β-unsaturated/α-hetero) is 1. The van der Waals surface area contributed by atoms with Gasteiger partial charge >= 0.3 is 0 Å². The lowest BCUT2D eigenvalue weighted by molar-refractivity contribution is -0.120. The summed E-state index contributed by atoms with van der Waals surface area (Å²) in [6, 6.07) is 10.1. The third-order valence-corrected chi connectivity index (χ3v) is 14.8. The van der Waals surface area contributed by atoms with Crippen LogP contribution in [0.25, 0.3) is 20.2 Å². The Balaban J connectivity index is 0.000000132. The molecule has 2 spiro atoms. The molecule has 2 aromatic heterocycles. The van der Waals surface area contributed by atoms with Crippen molar-refractivity contribution in [2.45, 2.75) is 74.9 Å². The minimum Gasteiger partial charge on any atom is -0.494 e. The summed E-state index contributed by atoms with van der Waals surface area (Å²) in [6.07, 6.45) is 11.1. The molecule has 13 heteroatoms. The Hall–Kier alpha value is -2.87. The number of ether oxygens (including phenoxy) is 3. The number of fused-ring (bicyclic) bond motifs is 6. The number of halogens is 3. The third kappa shape index (κ3) is 6.72. The monoisotopic (exact) mass is 773 g/mol. The highest BCUT2D eigenvalue weighted by molar-refractivity contribution is 7.21. The van der Waals surface area contributed by atoms with Gasteiger partial charge in [-0.1, -0.05) is 11.3 Å². The third-order valence-electron chi connectivity index (χ3n) is 12.7. The highest BCUT2D eigenvalue weighted by Crippen LogP contribution is 2.59. The van der Waals surface area contributed by atoms with E-state index in [0.29, 0.717) is 52.3 Å². The number of hydrogen-bond donors (Lipinski definition) is 1. The van der Waals surface area contributed by atoms with Crippen molar-refractivity contribution in [2.24, 2.45) is 23.5 Å². The van der Waals surface area contributed by atoms with Gasteiger partial charge in [-0.3, -0.25) is 19.4 Å². The molecule has 0 unspecified atom stereocenters. The molecule has 4 aromatic rings. The number of nitrogens with two attached hydrogens (primary N) is 1. The van der Waals surface area contributed by atoms with Crippen molar-refractivity contribution in [1.82, 2.24) is 9.80 Å². The molecule has 2 aliphatic carbocycles. The Morgan fingerprint density at radius 2 is 1.33 bits per heavy atom. The highest BCUT2D eigenvalue weighted by Gasteiger charge is 2.60. The van der Waals surface area contributed by atoms with E-state index in [9.17, 15) is 18.4 Å². The lowest BCUT2D eigenvalue weighted by Crippen LogP contribution is -2.63. The standard InChI is InChI=1S/C20H22FNO2S.C10H7FO3S.C9H16N2.ClH/c1-24-17-11-18-13(8-15(17)21)9-19(25-18)16(23)10-14-12-2-6-22(7-3-12)20(14)4-5-20;1-13-8-4-9-6(2-7(8)11)3-10(15-9)14-5-12;10-8-7-1-5-11(6-2-7)9(8)3-4-9;/h8-9,11-12,14H,2-7,10H2,1H3;2-5H,1H3;7-8H,1-6,10H2;1H/t14-;;8-;/m1.1./s1. The maximum atomic E-state index is 13.9. The van der Waals surface area contributed by atoms with E-state index < -0.39 is 5.82 Å². The predicted molar refractivity (Wildman–Crippen MR) is 204 cm³/mol. The van der Waals surface area contributed by atoms with Crippen LogP contribution in [0.2, 0.25) is 0 Å². The van der Waals surface area contributed by atoms with E-state index in [4.69, 9.17) is 15.2 Å². The second-order valence-corrected chi connectivity index (χ2v) is 17.2. The summed E-state index contributed by atoms with van der Waals surface area (Å²) in [7, 11) is 2.87. The van der Waals surface area contributed by atoms with Crippen molar-refractivity contribution >= 4 is 67.5 Å². The van der Waals surface area contributed by atoms with E-state index in [-0.39, 0.29) is 35.5 Å². The zero-order valence-electron chi connectivity index (χ0n) is 29.5. The first-order valence-electron chi connectivity index (χ1n) is 18.1. The molecule has 12 rings (SSSR count). The Labute approximate surface area is 317 Å². The normalized spacial score (nSPS) is 27.9. The van der Waals surface area contributed by atoms with E-state index in [1.165, 1.54) is 127 Å². The molecule has 0 radical (unpaired) electrons. The van der Waals surface area contributed by atoms with Crippen LogP contribution in [0.4, 0.5) is 8.78 Å². The summed E-state index contributed by atoms with van der Waals surface area (Å²) in [5.74, 6) is 1.93. The van der Waals surface area contributed by atoms with Crippen LogP contribution in [-0.4, -0.2) is 79.6 Å². The number of benzene rings is 2. The van der Waals surface area contributed by atoms with E-state index in [1.807, 2.05) is 6.07 Å². The van der Waals surface area contributed by atoms with Crippen molar-refractivity contribution in [3.05, 3.63) is 52.9 Å². The first kappa shape index (κ1) is 37.4. The molecule has 52 heavy (non-hydrogen) atoms. The van der Waals surface area contributed by atoms with Crippen LogP contribution in [0.3, 0.4) is 0 Å². The minimum absolute atomic E-state index is 0. The van der Waals surface area contributed by atoms with Gasteiger partial charge in [0.2, 0.25) is 0 Å².